The molecule has 1 saturated heterocycles. The zero-order valence-electron chi connectivity index (χ0n) is 13.2. The van der Waals surface area contributed by atoms with Gasteiger partial charge in [0.2, 0.25) is 0 Å². The third kappa shape index (κ3) is 3.70. The minimum atomic E-state index is 0.369. The lowest BCUT2D eigenvalue weighted by atomic mass is 9.97. The maximum absolute atomic E-state index is 6.35. The van der Waals surface area contributed by atoms with Gasteiger partial charge in [0, 0.05) is 19.1 Å². The van der Waals surface area contributed by atoms with Gasteiger partial charge in [0.1, 0.15) is 5.75 Å². The van der Waals surface area contributed by atoms with Gasteiger partial charge in [-0.2, -0.15) is 0 Å². The molecular weight excluding hydrogens is 260 g/mol. The van der Waals surface area contributed by atoms with E-state index in [1.54, 1.807) is 0 Å². The second-order valence-corrected chi connectivity index (χ2v) is 6.67. The summed E-state index contributed by atoms with van der Waals surface area (Å²) in [6.07, 6.45) is 8.97. The van der Waals surface area contributed by atoms with Crippen LogP contribution in [0.15, 0.2) is 18.2 Å². The van der Waals surface area contributed by atoms with Crippen LogP contribution in [0.25, 0.3) is 0 Å². The molecule has 1 aliphatic heterocycles. The molecule has 0 spiro atoms. The summed E-state index contributed by atoms with van der Waals surface area (Å²) in [6.45, 7) is 4.25. The van der Waals surface area contributed by atoms with Crippen LogP contribution in [0.3, 0.4) is 0 Å². The summed E-state index contributed by atoms with van der Waals surface area (Å²) in [7, 11) is 0. The molecule has 3 nitrogen and oxygen atoms in total. The van der Waals surface area contributed by atoms with E-state index in [1.165, 1.54) is 43.4 Å². The Morgan fingerprint density at radius 1 is 1.05 bits per heavy atom. The minimum Gasteiger partial charge on any atom is -0.488 e. The number of anilines is 1. The van der Waals surface area contributed by atoms with Gasteiger partial charge in [0.25, 0.3) is 0 Å². The summed E-state index contributed by atoms with van der Waals surface area (Å²) in [5.41, 5.74) is 8.61. The Bertz CT molecular complexity index is 460. The molecular formula is C18H28N2O. The van der Waals surface area contributed by atoms with Crippen LogP contribution < -0.4 is 15.4 Å². The molecule has 0 unspecified atom stereocenters. The number of hydrogen-bond donors (Lipinski definition) is 1. The Labute approximate surface area is 128 Å². The van der Waals surface area contributed by atoms with Crippen molar-refractivity contribution in [2.24, 2.45) is 5.73 Å². The number of rotatable bonds is 3. The zero-order chi connectivity index (χ0) is 14.7. The maximum Gasteiger partial charge on any atom is 0.143 e. The number of aryl methyl sites for hydroxylation is 1. The summed E-state index contributed by atoms with van der Waals surface area (Å²) in [5, 5.41) is 0. The number of nitrogens with zero attached hydrogens (tertiary/aromatic N) is 1. The molecule has 0 radical (unpaired) electrons. The third-order valence-electron chi connectivity index (χ3n) is 4.84. The van der Waals surface area contributed by atoms with Gasteiger partial charge in [0.15, 0.2) is 0 Å². The van der Waals surface area contributed by atoms with Crippen LogP contribution in [0, 0.1) is 6.92 Å². The predicted octanol–water partition coefficient (Wildman–Crippen LogP) is 3.63. The number of nitrogens with two attached hydrogens (primary N) is 1. The smallest absolute Gasteiger partial charge is 0.143 e. The summed E-state index contributed by atoms with van der Waals surface area (Å²) in [6, 6.07) is 6.97. The Morgan fingerprint density at radius 3 is 2.48 bits per heavy atom. The molecule has 116 valence electrons. The normalized spacial score (nSPS) is 21.5. The van der Waals surface area contributed by atoms with E-state index < -0.39 is 0 Å². The highest BCUT2D eigenvalue weighted by atomic mass is 16.5. The second kappa shape index (κ2) is 6.69. The van der Waals surface area contributed by atoms with Gasteiger partial charge < -0.3 is 15.4 Å². The van der Waals surface area contributed by atoms with E-state index in [0.717, 1.165) is 31.7 Å². The van der Waals surface area contributed by atoms with Crippen molar-refractivity contribution in [1.82, 2.24) is 0 Å². The Kier molecular flexibility index (Phi) is 4.69. The molecule has 3 heteroatoms. The third-order valence-corrected chi connectivity index (χ3v) is 4.84. The van der Waals surface area contributed by atoms with Crippen LogP contribution in [0.2, 0.25) is 0 Å². The largest absolute Gasteiger partial charge is 0.488 e. The first-order valence-electron chi connectivity index (χ1n) is 8.50. The molecule has 21 heavy (non-hydrogen) atoms. The summed E-state index contributed by atoms with van der Waals surface area (Å²) < 4.78 is 6.35. The number of piperidine rings is 1. The van der Waals surface area contributed by atoms with E-state index in [-0.39, 0.29) is 0 Å². The van der Waals surface area contributed by atoms with Crippen molar-refractivity contribution in [2.75, 3.05) is 18.0 Å². The SMILES string of the molecule is Cc1ccc(OC2CCCCC2)c(N2CCC(N)CC2)c1. The van der Waals surface area contributed by atoms with E-state index in [0.29, 0.717) is 12.1 Å². The summed E-state index contributed by atoms with van der Waals surface area (Å²) in [4.78, 5) is 2.45. The highest BCUT2D eigenvalue weighted by Crippen LogP contribution is 2.34. The highest BCUT2D eigenvalue weighted by Gasteiger charge is 2.22. The second-order valence-electron chi connectivity index (χ2n) is 6.67. The van der Waals surface area contributed by atoms with Crippen molar-refractivity contribution in [3.63, 3.8) is 0 Å². The summed E-state index contributed by atoms with van der Waals surface area (Å²) >= 11 is 0. The van der Waals surface area contributed by atoms with Gasteiger partial charge in [-0.05, 0) is 63.1 Å². The fourth-order valence-electron chi connectivity index (χ4n) is 3.48. The molecule has 1 aromatic carbocycles. The van der Waals surface area contributed by atoms with E-state index in [9.17, 15) is 0 Å². The van der Waals surface area contributed by atoms with Crippen LogP contribution >= 0.6 is 0 Å². The molecule has 0 aromatic heterocycles. The van der Waals surface area contributed by atoms with Crippen LogP contribution in [0.1, 0.15) is 50.5 Å². The lowest BCUT2D eigenvalue weighted by molar-refractivity contribution is 0.155. The predicted molar refractivity (Wildman–Crippen MR) is 88.1 cm³/mol. The lowest BCUT2D eigenvalue weighted by Crippen LogP contribution is -2.40. The van der Waals surface area contributed by atoms with Crippen LogP contribution in [-0.4, -0.2) is 25.2 Å². The first-order valence-corrected chi connectivity index (χ1v) is 8.50. The van der Waals surface area contributed by atoms with Crippen molar-refractivity contribution in [3.05, 3.63) is 23.8 Å². The average Bonchev–Trinajstić information content (AvgIpc) is 2.51. The van der Waals surface area contributed by atoms with Crippen molar-refractivity contribution in [3.8, 4) is 5.75 Å². The Hall–Kier alpha value is -1.22. The number of ether oxygens (including phenoxy) is 1. The van der Waals surface area contributed by atoms with Crippen LogP contribution in [-0.2, 0) is 0 Å². The molecule has 1 aromatic rings. The van der Waals surface area contributed by atoms with E-state index in [2.05, 4.69) is 30.0 Å². The summed E-state index contributed by atoms with van der Waals surface area (Å²) in [5.74, 6) is 1.07. The van der Waals surface area contributed by atoms with Crippen molar-refractivity contribution in [2.45, 2.75) is 64.0 Å². The molecule has 2 N–H and O–H groups in total. The standard InChI is InChI=1S/C18H28N2O/c1-14-7-8-18(21-16-5-3-2-4-6-16)17(13-14)20-11-9-15(19)10-12-20/h7-8,13,15-16H,2-6,9-12,19H2,1H3. The molecule has 2 fully saturated rings. The fraction of sp³-hybridized carbons (Fsp3) is 0.667. The lowest BCUT2D eigenvalue weighted by Gasteiger charge is -2.34. The quantitative estimate of drug-likeness (QED) is 0.923. The first-order chi connectivity index (χ1) is 10.2. The van der Waals surface area contributed by atoms with Crippen molar-refractivity contribution >= 4 is 5.69 Å². The van der Waals surface area contributed by atoms with Gasteiger partial charge in [-0.1, -0.05) is 12.5 Å². The average molecular weight is 288 g/mol. The van der Waals surface area contributed by atoms with E-state index in [1.807, 2.05) is 0 Å². The maximum atomic E-state index is 6.35. The minimum absolute atomic E-state index is 0.369. The highest BCUT2D eigenvalue weighted by molar-refractivity contribution is 5.60. The molecule has 0 atom stereocenters. The van der Waals surface area contributed by atoms with Crippen molar-refractivity contribution < 1.29 is 4.74 Å². The van der Waals surface area contributed by atoms with Gasteiger partial charge in [-0.15, -0.1) is 0 Å². The Morgan fingerprint density at radius 2 is 1.76 bits per heavy atom. The molecule has 3 rings (SSSR count). The van der Waals surface area contributed by atoms with Crippen LogP contribution in [0.5, 0.6) is 5.75 Å². The monoisotopic (exact) mass is 288 g/mol. The molecule has 1 heterocycles. The first kappa shape index (κ1) is 14.7. The van der Waals surface area contributed by atoms with E-state index >= 15 is 0 Å². The van der Waals surface area contributed by atoms with Gasteiger partial charge in [0.05, 0.1) is 11.8 Å². The zero-order valence-corrected chi connectivity index (χ0v) is 13.2. The fourth-order valence-corrected chi connectivity index (χ4v) is 3.48. The molecule has 0 bridgehead atoms. The van der Waals surface area contributed by atoms with Crippen LogP contribution in [0.4, 0.5) is 5.69 Å². The Balaban J connectivity index is 1.76. The molecule has 2 aliphatic rings. The van der Waals surface area contributed by atoms with Gasteiger partial charge in [-0.25, -0.2) is 0 Å². The van der Waals surface area contributed by atoms with Gasteiger partial charge in [-0.3, -0.25) is 0 Å². The van der Waals surface area contributed by atoms with Crippen molar-refractivity contribution in [1.29, 1.82) is 0 Å². The molecule has 1 saturated carbocycles. The van der Waals surface area contributed by atoms with E-state index in [4.69, 9.17) is 10.5 Å². The molecule has 0 amide bonds. The van der Waals surface area contributed by atoms with Gasteiger partial charge >= 0.3 is 0 Å². The number of hydrogen-bond acceptors (Lipinski definition) is 3. The topological polar surface area (TPSA) is 38.5 Å². The molecule has 1 aliphatic carbocycles. The number of benzene rings is 1.